The van der Waals surface area contributed by atoms with Crippen LogP contribution in [-0.4, -0.2) is 46.9 Å². The van der Waals surface area contributed by atoms with Crippen LogP contribution in [-0.2, 0) is 16.1 Å². The first-order valence-electron chi connectivity index (χ1n) is 10.7. The van der Waals surface area contributed by atoms with Crippen LogP contribution in [0.5, 0.6) is 0 Å². The number of likely N-dealkylation sites (tertiary alicyclic amines) is 1. The Morgan fingerprint density at radius 3 is 2.62 bits per heavy atom. The molecule has 1 aromatic carbocycles. The number of hydrogen-bond donors (Lipinski definition) is 1. The maximum atomic E-state index is 12.4. The molecule has 2 aromatic rings. The van der Waals surface area contributed by atoms with Crippen LogP contribution in [0.4, 0.5) is 5.82 Å². The lowest BCUT2D eigenvalue weighted by atomic mass is 9.99. The van der Waals surface area contributed by atoms with Crippen molar-refractivity contribution in [3.63, 3.8) is 0 Å². The number of nitrogens with one attached hydrogen (secondary N) is 1. The Morgan fingerprint density at radius 1 is 1.14 bits per heavy atom. The number of carbonyl (C=O) groups excluding carboxylic acids is 1. The van der Waals surface area contributed by atoms with E-state index in [1.54, 1.807) is 6.20 Å². The van der Waals surface area contributed by atoms with Gasteiger partial charge >= 0.3 is 0 Å². The Bertz CT molecular complexity index is 862. The highest BCUT2D eigenvalue weighted by Crippen LogP contribution is 2.27. The van der Waals surface area contributed by atoms with E-state index in [9.17, 15) is 4.79 Å². The molecule has 0 spiro atoms. The minimum atomic E-state index is -0.0404. The normalized spacial score (nSPS) is 20.9. The van der Waals surface area contributed by atoms with Crippen LogP contribution in [0.2, 0.25) is 0 Å². The van der Waals surface area contributed by atoms with Gasteiger partial charge in [-0.3, -0.25) is 9.69 Å². The first-order chi connectivity index (χ1) is 14.0. The van der Waals surface area contributed by atoms with Gasteiger partial charge in [0.2, 0.25) is 5.91 Å². The standard InChI is InChI=1S/C23H32N4O2/c1-16-12-18(3)20(13-17(16)2)14-26-9-5-21(6-10-26)27-22(4-8-24-27)25-23(28)19-7-11-29-15-19/h4,8,12-13,19,21H,5-7,9-11,14-15H2,1-3H3,(H,25,28)/t19-/m1/s1. The lowest BCUT2D eigenvalue weighted by Gasteiger charge is -2.33. The Kier molecular flexibility index (Phi) is 6.01. The SMILES string of the molecule is Cc1cc(C)c(CN2CCC(n3nccc3NC(=O)[C@@H]3CCOC3)CC2)cc1C. The molecule has 2 aliphatic heterocycles. The largest absolute Gasteiger partial charge is 0.381 e. The maximum Gasteiger partial charge on any atom is 0.231 e. The van der Waals surface area contributed by atoms with Gasteiger partial charge in [0.05, 0.1) is 24.8 Å². The molecule has 2 fully saturated rings. The van der Waals surface area contributed by atoms with Crippen LogP contribution in [0.15, 0.2) is 24.4 Å². The van der Waals surface area contributed by atoms with Gasteiger partial charge in [0.1, 0.15) is 5.82 Å². The molecule has 0 aliphatic carbocycles. The predicted octanol–water partition coefficient (Wildman–Crippen LogP) is 3.62. The summed E-state index contributed by atoms with van der Waals surface area (Å²) in [5.74, 6) is 0.818. The third-order valence-corrected chi connectivity index (χ3v) is 6.47. The average Bonchev–Trinajstić information content (AvgIpc) is 3.39. The molecule has 2 aliphatic rings. The number of aromatic nitrogens is 2. The molecule has 6 heteroatoms. The Morgan fingerprint density at radius 2 is 1.90 bits per heavy atom. The number of aryl methyl sites for hydroxylation is 3. The third-order valence-electron chi connectivity index (χ3n) is 6.47. The Labute approximate surface area is 173 Å². The van der Waals surface area contributed by atoms with Gasteiger partial charge in [-0.15, -0.1) is 0 Å². The molecule has 29 heavy (non-hydrogen) atoms. The molecule has 3 heterocycles. The monoisotopic (exact) mass is 396 g/mol. The van der Waals surface area contributed by atoms with Crippen LogP contribution in [0, 0.1) is 26.7 Å². The number of rotatable bonds is 5. The fourth-order valence-electron chi connectivity index (χ4n) is 4.43. The van der Waals surface area contributed by atoms with Crippen LogP contribution in [0.1, 0.15) is 47.6 Å². The van der Waals surface area contributed by atoms with E-state index in [1.165, 1.54) is 22.3 Å². The summed E-state index contributed by atoms with van der Waals surface area (Å²) >= 11 is 0. The number of benzene rings is 1. The summed E-state index contributed by atoms with van der Waals surface area (Å²) in [6, 6.07) is 6.87. The second-order valence-corrected chi connectivity index (χ2v) is 8.58. The van der Waals surface area contributed by atoms with Crippen molar-refractivity contribution in [3.8, 4) is 0 Å². The molecular formula is C23H32N4O2. The lowest BCUT2D eigenvalue weighted by molar-refractivity contribution is -0.119. The molecule has 0 unspecified atom stereocenters. The van der Waals surface area contributed by atoms with Crippen molar-refractivity contribution < 1.29 is 9.53 Å². The van der Waals surface area contributed by atoms with E-state index in [2.05, 4.69) is 48.2 Å². The molecule has 4 rings (SSSR count). The van der Waals surface area contributed by atoms with Gasteiger partial charge in [0.15, 0.2) is 0 Å². The summed E-state index contributed by atoms with van der Waals surface area (Å²) in [5.41, 5.74) is 5.54. The number of piperidine rings is 1. The summed E-state index contributed by atoms with van der Waals surface area (Å²) in [6.07, 6.45) is 4.67. The second-order valence-electron chi connectivity index (χ2n) is 8.58. The molecule has 1 N–H and O–H groups in total. The van der Waals surface area contributed by atoms with Crippen LogP contribution < -0.4 is 5.32 Å². The lowest BCUT2D eigenvalue weighted by Crippen LogP contribution is -2.35. The molecule has 0 saturated carbocycles. The molecular weight excluding hydrogens is 364 g/mol. The zero-order valence-electron chi connectivity index (χ0n) is 17.8. The first kappa shape index (κ1) is 20.1. The van der Waals surface area contributed by atoms with E-state index < -0.39 is 0 Å². The second kappa shape index (κ2) is 8.67. The number of nitrogens with zero attached hydrogens (tertiary/aromatic N) is 3. The topological polar surface area (TPSA) is 59.4 Å². The molecule has 0 radical (unpaired) electrons. The number of anilines is 1. The molecule has 6 nitrogen and oxygen atoms in total. The van der Waals surface area contributed by atoms with E-state index in [1.807, 2.05) is 10.7 Å². The summed E-state index contributed by atoms with van der Waals surface area (Å²) < 4.78 is 7.34. The minimum absolute atomic E-state index is 0.0404. The van der Waals surface area contributed by atoms with Crippen LogP contribution in [0.3, 0.4) is 0 Å². The van der Waals surface area contributed by atoms with Crippen molar-refractivity contribution in [2.45, 2.75) is 52.6 Å². The van der Waals surface area contributed by atoms with E-state index >= 15 is 0 Å². The van der Waals surface area contributed by atoms with Crippen LogP contribution in [0.25, 0.3) is 0 Å². The zero-order chi connectivity index (χ0) is 20.4. The molecule has 156 valence electrons. The summed E-state index contributed by atoms with van der Waals surface area (Å²) in [6.45, 7) is 10.9. The van der Waals surface area contributed by atoms with Crippen molar-refractivity contribution in [1.29, 1.82) is 0 Å². The van der Waals surface area contributed by atoms with E-state index in [4.69, 9.17) is 4.74 Å². The van der Waals surface area contributed by atoms with Crippen molar-refractivity contribution in [2.24, 2.45) is 5.92 Å². The van der Waals surface area contributed by atoms with E-state index in [-0.39, 0.29) is 11.8 Å². The van der Waals surface area contributed by atoms with Crippen molar-refractivity contribution in [1.82, 2.24) is 14.7 Å². The van der Waals surface area contributed by atoms with E-state index in [0.717, 1.165) is 44.7 Å². The number of ether oxygens (including phenoxy) is 1. The maximum absolute atomic E-state index is 12.4. The molecule has 1 amide bonds. The fourth-order valence-corrected chi connectivity index (χ4v) is 4.43. The zero-order valence-corrected chi connectivity index (χ0v) is 17.8. The quantitative estimate of drug-likeness (QED) is 0.839. The number of carbonyl (C=O) groups is 1. The van der Waals surface area contributed by atoms with Crippen molar-refractivity contribution in [2.75, 3.05) is 31.6 Å². The van der Waals surface area contributed by atoms with Gasteiger partial charge in [0.25, 0.3) is 0 Å². The van der Waals surface area contributed by atoms with Crippen molar-refractivity contribution >= 4 is 11.7 Å². The molecule has 1 aromatic heterocycles. The smallest absolute Gasteiger partial charge is 0.231 e. The molecule has 0 bridgehead atoms. The Hall–Kier alpha value is -2.18. The predicted molar refractivity (Wildman–Crippen MR) is 114 cm³/mol. The third kappa shape index (κ3) is 4.54. The summed E-state index contributed by atoms with van der Waals surface area (Å²) in [5, 5.41) is 7.58. The molecule has 1 atom stereocenters. The molecule has 2 saturated heterocycles. The average molecular weight is 397 g/mol. The van der Waals surface area contributed by atoms with Crippen molar-refractivity contribution in [3.05, 3.63) is 46.6 Å². The van der Waals surface area contributed by atoms with Gasteiger partial charge in [-0.25, -0.2) is 4.68 Å². The minimum Gasteiger partial charge on any atom is -0.381 e. The van der Waals surface area contributed by atoms with Gasteiger partial charge in [0, 0.05) is 32.3 Å². The fraction of sp³-hybridized carbons (Fsp3) is 0.565. The summed E-state index contributed by atoms with van der Waals surface area (Å²) in [7, 11) is 0. The number of amides is 1. The first-order valence-corrected chi connectivity index (χ1v) is 10.7. The number of hydrogen-bond acceptors (Lipinski definition) is 4. The van der Waals surface area contributed by atoms with Gasteiger partial charge < -0.3 is 10.1 Å². The van der Waals surface area contributed by atoms with Gasteiger partial charge in [-0.1, -0.05) is 12.1 Å². The van der Waals surface area contributed by atoms with Gasteiger partial charge in [-0.2, -0.15) is 5.10 Å². The highest BCUT2D eigenvalue weighted by molar-refractivity contribution is 5.92. The highest BCUT2D eigenvalue weighted by Gasteiger charge is 2.27. The van der Waals surface area contributed by atoms with Gasteiger partial charge in [-0.05, 0) is 62.3 Å². The summed E-state index contributed by atoms with van der Waals surface area (Å²) in [4.78, 5) is 15.0. The Balaban J connectivity index is 1.35. The highest BCUT2D eigenvalue weighted by atomic mass is 16.5. The van der Waals surface area contributed by atoms with Crippen LogP contribution >= 0.6 is 0 Å². The van der Waals surface area contributed by atoms with E-state index in [0.29, 0.717) is 19.3 Å².